The number of aromatic nitrogens is 3. The molecule has 66 heavy (non-hydrogen) atoms. The molecule has 0 N–H and O–H groups in total. The minimum absolute atomic E-state index is 0.626. The van der Waals surface area contributed by atoms with Gasteiger partial charge in [-0.25, -0.2) is 15.0 Å². The van der Waals surface area contributed by atoms with Crippen LogP contribution in [0.25, 0.3) is 78.3 Å². The van der Waals surface area contributed by atoms with E-state index >= 15 is 0 Å². The fourth-order valence-electron chi connectivity index (χ4n) is 10.6. The van der Waals surface area contributed by atoms with Crippen LogP contribution in [0.5, 0.6) is 0 Å². The van der Waals surface area contributed by atoms with Crippen molar-refractivity contribution in [2.75, 3.05) is 4.90 Å². The Morgan fingerprint density at radius 3 is 1.47 bits per heavy atom. The maximum Gasteiger partial charge on any atom is 0.164 e. The first-order valence-electron chi connectivity index (χ1n) is 22.5. The van der Waals surface area contributed by atoms with Crippen molar-refractivity contribution in [3.05, 3.63) is 265 Å². The summed E-state index contributed by atoms with van der Waals surface area (Å²) in [6.07, 6.45) is 0. The molecule has 1 spiro atoms. The van der Waals surface area contributed by atoms with Gasteiger partial charge in [-0.1, -0.05) is 206 Å². The third-order valence-electron chi connectivity index (χ3n) is 13.5. The van der Waals surface area contributed by atoms with Gasteiger partial charge in [0.15, 0.2) is 17.5 Å². The molecule has 0 amide bonds. The van der Waals surface area contributed by atoms with Crippen LogP contribution in [0, 0.1) is 0 Å². The molecule has 0 atom stereocenters. The van der Waals surface area contributed by atoms with E-state index in [4.69, 9.17) is 15.0 Å². The molecule has 308 valence electrons. The number of benzene rings is 10. The Labute approximate surface area is 383 Å². The molecule has 11 aromatic rings. The van der Waals surface area contributed by atoms with E-state index in [1.807, 2.05) is 24.3 Å². The van der Waals surface area contributed by atoms with Crippen molar-refractivity contribution in [3.63, 3.8) is 0 Å². The molecular formula is C62H40N4. The number of anilines is 3. The third-order valence-corrected chi connectivity index (χ3v) is 13.5. The van der Waals surface area contributed by atoms with Crippen LogP contribution >= 0.6 is 0 Å². The number of hydrogen-bond acceptors (Lipinski definition) is 4. The van der Waals surface area contributed by atoms with Gasteiger partial charge in [0.1, 0.15) is 0 Å². The Balaban J connectivity index is 1.09. The lowest BCUT2D eigenvalue weighted by atomic mass is 9.64. The molecule has 2 aliphatic rings. The second-order valence-corrected chi connectivity index (χ2v) is 17.1. The van der Waals surface area contributed by atoms with Gasteiger partial charge in [-0.05, 0) is 103 Å². The highest BCUT2D eigenvalue weighted by atomic mass is 15.2. The molecule has 0 bridgehead atoms. The Morgan fingerprint density at radius 2 is 0.773 bits per heavy atom. The van der Waals surface area contributed by atoms with Crippen molar-refractivity contribution in [1.29, 1.82) is 0 Å². The van der Waals surface area contributed by atoms with Crippen LogP contribution in [-0.2, 0) is 5.41 Å². The second-order valence-electron chi connectivity index (χ2n) is 17.1. The standard InChI is InChI=1S/C62H40N4/c1-4-17-41(18-5-1)43-31-34-45(35-32-43)60-63-59(44-20-6-2-7-21-44)64-61(65-60)50-25-16-28-55-58(50)51-40-48(47-36-33-42-19-10-11-22-46(42)39-47)37-38-52(51)62(55)53-26-12-14-29-56(53)66(49-23-8-3-9-24-49)57-30-15-13-27-54(57)62/h1-40H. The van der Waals surface area contributed by atoms with E-state index in [0.29, 0.717) is 17.5 Å². The predicted molar refractivity (Wildman–Crippen MR) is 270 cm³/mol. The lowest BCUT2D eigenvalue weighted by molar-refractivity contribution is 0.753. The van der Waals surface area contributed by atoms with Gasteiger partial charge in [0.05, 0.1) is 16.8 Å². The van der Waals surface area contributed by atoms with E-state index in [0.717, 1.165) is 50.4 Å². The van der Waals surface area contributed by atoms with Crippen LogP contribution in [0.3, 0.4) is 0 Å². The monoisotopic (exact) mass is 840 g/mol. The smallest absolute Gasteiger partial charge is 0.164 e. The van der Waals surface area contributed by atoms with Gasteiger partial charge in [-0.3, -0.25) is 0 Å². The molecule has 1 aliphatic carbocycles. The van der Waals surface area contributed by atoms with Gasteiger partial charge in [0, 0.05) is 22.4 Å². The van der Waals surface area contributed by atoms with Gasteiger partial charge in [-0.15, -0.1) is 0 Å². The number of fused-ring (bicyclic) bond motifs is 10. The van der Waals surface area contributed by atoms with Crippen molar-refractivity contribution < 1.29 is 0 Å². The van der Waals surface area contributed by atoms with Crippen LogP contribution in [0.1, 0.15) is 22.3 Å². The minimum Gasteiger partial charge on any atom is -0.310 e. The van der Waals surface area contributed by atoms with Crippen molar-refractivity contribution >= 4 is 27.8 Å². The zero-order chi connectivity index (χ0) is 43.6. The van der Waals surface area contributed by atoms with E-state index in [2.05, 4.69) is 223 Å². The van der Waals surface area contributed by atoms with Crippen molar-refractivity contribution in [2.24, 2.45) is 0 Å². The third kappa shape index (κ3) is 5.89. The van der Waals surface area contributed by atoms with Gasteiger partial charge in [-0.2, -0.15) is 0 Å². The van der Waals surface area contributed by atoms with Gasteiger partial charge >= 0.3 is 0 Å². The molecule has 0 fully saturated rings. The molecule has 2 heterocycles. The summed E-state index contributed by atoms with van der Waals surface area (Å²) in [6, 6.07) is 87.2. The molecule has 0 radical (unpaired) electrons. The van der Waals surface area contributed by atoms with E-state index in [1.54, 1.807) is 0 Å². The highest BCUT2D eigenvalue weighted by Gasteiger charge is 2.52. The number of hydrogen-bond donors (Lipinski definition) is 0. The SMILES string of the molecule is c1ccc(-c2ccc(-c3nc(-c4ccccc4)nc(-c4cccc5c4-c4cc(-c6ccc7ccccc7c6)ccc4C54c5ccccc5N(c5ccccc5)c5ccccc54)n3)cc2)cc1. The maximum atomic E-state index is 5.41. The zero-order valence-corrected chi connectivity index (χ0v) is 35.9. The number of nitrogens with zero attached hydrogens (tertiary/aromatic N) is 4. The highest BCUT2D eigenvalue weighted by molar-refractivity contribution is 6.01. The lowest BCUT2D eigenvalue weighted by Crippen LogP contribution is -2.36. The number of rotatable bonds is 6. The summed E-state index contributed by atoms with van der Waals surface area (Å²) in [4.78, 5) is 18.4. The molecule has 13 rings (SSSR count). The zero-order valence-electron chi connectivity index (χ0n) is 35.9. The molecule has 0 saturated heterocycles. The molecule has 1 aromatic heterocycles. The quantitative estimate of drug-likeness (QED) is 0.167. The molecular weight excluding hydrogens is 801 g/mol. The van der Waals surface area contributed by atoms with E-state index in [9.17, 15) is 0 Å². The van der Waals surface area contributed by atoms with Gasteiger partial charge < -0.3 is 4.90 Å². The molecule has 0 unspecified atom stereocenters. The minimum atomic E-state index is -0.660. The second kappa shape index (κ2) is 15.2. The average molecular weight is 841 g/mol. The summed E-state index contributed by atoms with van der Waals surface area (Å²) in [5.74, 6) is 1.89. The summed E-state index contributed by atoms with van der Waals surface area (Å²) in [7, 11) is 0. The Kier molecular flexibility index (Phi) is 8.72. The molecule has 4 heteroatoms. The maximum absolute atomic E-state index is 5.41. The summed E-state index contributed by atoms with van der Waals surface area (Å²) < 4.78 is 0. The van der Waals surface area contributed by atoms with Gasteiger partial charge in [0.2, 0.25) is 0 Å². The van der Waals surface area contributed by atoms with E-state index in [1.165, 1.54) is 49.7 Å². The van der Waals surface area contributed by atoms with Crippen LogP contribution in [0.2, 0.25) is 0 Å². The Bertz CT molecular complexity index is 3590. The highest BCUT2D eigenvalue weighted by Crippen LogP contribution is 2.64. The molecule has 4 nitrogen and oxygen atoms in total. The van der Waals surface area contributed by atoms with Crippen LogP contribution < -0.4 is 4.90 Å². The lowest BCUT2D eigenvalue weighted by Gasteiger charge is -2.45. The normalized spacial score (nSPS) is 12.9. The summed E-state index contributed by atoms with van der Waals surface area (Å²) in [5, 5.41) is 2.44. The first-order valence-corrected chi connectivity index (χ1v) is 22.5. The molecule has 1 aliphatic heterocycles. The fraction of sp³-hybridized carbons (Fsp3) is 0.0161. The first-order chi connectivity index (χ1) is 32.7. The van der Waals surface area contributed by atoms with Crippen molar-refractivity contribution in [1.82, 2.24) is 15.0 Å². The van der Waals surface area contributed by atoms with E-state index in [-0.39, 0.29) is 0 Å². The van der Waals surface area contributed by atoms with Crippen LogP contribution in [-0.4, -0.2) is 15.0 Å². The Morgan fingerprint density at radius 1 is 0.288 bits per heavy atom. The summed E-state index contributed by atoms with van der Waals surface area (Å²) in [5.41, 5.74) is 17.4. The topological polar surface area (TPSA) is 41.9 Å². The number of para-hydroxylation sites is 3. The fourth-order valence-corrected chi connectivity index (χ4v) is 10.6. The van der Waals surface area contributed by atoms with Crippen LogP contribution in [0.4, 0.5) is 17.1 Å². The summed E-state index contributed by atoms with van der Waals surface area (Å²) in [6.45, 7) is 0. The Hall–Kier alpha value is -8.73. The first kappa shape index (κ1) is 37.8. The summed E-state index contributed by atoms with van der Waals surface area (Å²) >= 11 is 0. The van der Waals surface area contributed by atoms with Crippen molar-refractivity contribution in [2.45, 2.75) is 5.41 Å². The van der Waals surface area contributed by atoms with Crippen molar-refractivity contribution in [3.8, 4) is 67.5 Å². The largest absolute Gasteiger partial charge is 0.310 e. The predicted octanol–water partition coefficient (Wildman–Crippen LogP) is 15.5. The van der Waals surface area contributed by atoms with E-state index < -0.39 is 5.41 Å². The molecule has 0 saturated carbocycles. The molecule has 10 aromatic carbocycles. The average Bonchev–Trinajstić information content (AvgIpc) is 3.69. The van der Waals surface area contributed by atoms with Crippen LogP contribution in [0.15, 0.2) is 243 Å². The van der Waals surface area contributed by atoms with Gasteiger partial charge in [0.25, 0.3) is 0 Å².